The normalized spacial score (nSPS) is 37.7. The maximum Gasteiger partial charge on any atom is 0.189 e. The van der Waals surface area contributed by atoms with Gasteiger partial charge in [0.1, 0.15) is 5.75 Å². The molecule has 3 aromatic carbocycles. The lowest BCUT2D eigenvalue weighted by Crippen LogP contribution is -2.61. The molecular weight excluding hydrogens is 1020 g/mol. The molecule has 0 aromatic heterocycles. The zero-order valence-corrected chi connectivity index (χ0v) is 48.1. The monoisotopic (exact) mass is 1100 g/mol. The van der Waals surface area contributed by atoms with Gasteiger partial charge in [-0.1, -0.05) is 104 Å². The Morgan fingerprint density at radius 2 is 1.74 bits per heavy atom. The first-order valence-corrected chi connectivity index (χ1v) is 32.2. The number of hydrogen-bond donors (Lipinski definition) is 6. The lowest BCUT2D eigenvalue weighted by Gasteiger charge is -2.66. The van der Waals surface area contributed by atoms with Gasteiger partial charge in [0.2, 0.25) is 0 Å². The van der Waals surface area contributed by atoms with Crippen LogP contribution in [0, 0.1) is 64.1 Å². The molecule has 15 rings (SSSR count). The van der Waals surface area contributed by atoms with Crippen LogP contribution < -0.4 is 15.8 Å². The van der Waals surface area contributed by atoms with E-state index in [0.29, 0.717) is 50.4 Å². The van der Waals surface area contributed by atoms with Crippen LogP contribution in [0.15, 0.2) is 101 Å². The number of rotatable bonds is 4. The van der Waals surface area contributed by atoms with Gasteiger partial charge in [0.05, 0.1) is 37.0 Å². The van der Waals surface area contributed by atoms with E-state index in [0.717, 1.165) is 135 Å². The molecule has 10 heteroatoms. The summed E-state index contributed by atoms with van der Waals surface area (Å²) in [5, 5.41) is 53.2. The fourth-order valence-corrected chi connectivity index (χ4v) is 20.8. The van der Waals surface area contributed by atoms with E-state index < -0.39 is 21.8 Å². The van der Waals surface area contributed by atoms with E-state index in [1.54, 1.807) is 0 Å². The first-order chi connectivity index (χ1) is 39.9. The van der Waals surface area contributed by atoms with Gasteiger partial charge in [-0.05, 0) is 208 Å². The van der Waals surface area contributed by atoms with Crippen molar-refractivity contribution in [2.45, 2.75) is 189 Å². The Hall–Kier alpha value is -5.60. The third kappa shape index (κ3) is 8.40. The van der Waals surface area contributed by atoms with Crippen molar-refractivity contribution in [3.05, 3.63) is 135 Å². The summed E-state index contributed by atoms with van der Waals surface area (Å²) in [6.45, 7) is 2.87. The van der Waals surface area contributed by atoms with Crippen LogP contribution in [0.25, 0.3) is 0 Å². The fourth-order valence-electron chi connectivity index (χ4n) is 20.8. The standard InChI is InChI=1S/C72H85N3O7/c1-42-36-70-24-20-45-30-48-38-69(41-77)21-8-5-19-58(69)57(40-76)62(48)59(79)34-55(45)56-35-60(82-53-16-3-4-17-53)66(80)64-54(56)18-10-15-51(31-47-32-61(70)71(37-42)39-46-13-11-25-81-67(46)63(47)65(64)71)74-68(73)75-72(22-6-2-7-23-72)49-14-9-12-43(27-49)26-44-28-50(70)33-52(78)29-44/h8-9,12,14,20-21,24,27-29,32-33,35,42,45-48,51,53,55,58,63,65,67,76-78,80H,2-7,11,13,15-17,19,22-23,25-26,30-31,34,36-41H2,1H3,(H3,73,74,75). The van der Waals surface area contributed by atoms with Crippen molar-refractivity contribution in [3.63, 3.8) is 0 Å². The molecule has 2 aliphatic heterocycles. The highest BCUT2D eigenvalue weighted by Gasteiger charge is 2.66. The van der Waals surface area contributed by atoms with Gasteiger partial charge >= 0.3 is 0 Å². The molecule has 82 heavy (non-hydrogen) atoms. The van der Waals surface area contributed by atoms with Crippen LogP contribution in [-0.2, 0) is 26.9 Å². The Bertz CT molecular complexity index is 3310. The molecule has 14 bridgehead atoms. The Balaban J connectivity index is 1.05. The number of aliphatic hydroxyl groups is 2. The zero-order chi connectivity index (χ0) is 55.7. The third-order valence-electron chi connectivity index (χ3n) is 23.7. The number of nitrogens with zero attached hydrogens (tertiary/aromatic N) is 1. The fraction of sp³-hybridized carbons (Fsp3) is 0.583. The minimum atomic E-state index is -0.714. The number of nitrogens with one attached hydrogen (secondary N) is 1. The Morgan fingerprint density at radius 3 is 2.59 bits per heavy atom. The second kappa shape index (κ2) is 20.3. The molecule has 12 aliphatic rings. The number of aliphatic imine (C=N–C) groups is 1. The number of hydrogen-bond acceptors (Lipinski definition) is 10. The molecule has 2 heterocycles. The second-order valence-electron chi connectivity index (χ2n) is 28.4. The van der Waals surface area contributed by atoms with Crippen LogP contribution in [-0.4, -0.2) is 70.2 Å². The number of Topliss-reactive ketones (excluding diaryl/α,β-unsaturated/α-hetero) is 1. The molecule has 3 aromatic rings. The van der Waals surface area contributed by atoms with E-state index in [4.69, 9.17) is 20.2 Å². The number of fused-ring (bicyclic) bond motifs is 11. The summed E-state index contributed by atoms with van der Waals surface area (Å²) in [5.74, 6) is 8.43. The van der Waals surface area contributed by atoms with Crippen LogP contribution in [0.2, 0.25) is 0 Å². The van der Waals surface area contributed by atoms with Crippen LogP contribution in [0.1, 0.15) is 193 Å². The van der Waals surface area contributed by atoms with Gasteiger partial charge in [-0.25, -0.2) is 4.99 Å². The average Bonchev–Trinajstić information content (AvgIpc) is 2.35. The number of benzene rings is 3. The molecule has 5 saturated carbocycles. The van der Waals surface area contributed by atoms with Crippen LogP contribution in [0.5, 0.6) is 17.2 Å². The van der Waals surface area contributed by atoms with Gasteiger partial charge in [-0.2, -0.15) is 0 Å². The predicted molar refractivity (Wildman–Crippen MR) is 318 cm³/mol. The number of aliphatic hydroxyl groups excluding tert-OH is 2. The second-order valence-corrected chi connectivity index (χ2v) is 28.4. The van der Waals surface area contributed by atoms with E-state index in [1.165, 1.54) is 23.1 Å². The Kier molecular flexibility index (Phi) is 13.2. The number of phenols is 2. The van der Waals surface area contributed by atoms with Crippen molar-refractivity contribution < 1.29 is 34.7 Å². The molecule has 7 N–H and O–H groups in total. The van der Waals surface area contributed by atoms with E-state index in [2.05, 4.69) is 96.9 Å². The number of ketones is 1. The first-order valence-electron chi connectivity index (χ1n) is 32.2. The highest BCUT2D eigenvalue weighted by molar-refractivity contribution is 5.98. The lowest BCUT2D eigenvalue weighted by molar-refractivity contribution is -0.144. The maximum absolute atomic E-state index is 15.9. The molecule has 430 valence electrons. The number of nitrogens with two attached hydrogens (primary N) is 1. The van der Waals surface area contributed by atoms with Crippen molar-refractivity contribution in [2.24, 2.45) is 63.0 Å². The van der Waals surface area contributed by atoms with Crippen molar-refractivity contribution in [1.29, 1.82) is 0 Å². The molecule has 6 fully saturated rings. The summed E-state index contributed by atoms with van der Waals surface area (Å²) in [6.07, 6.45) is 30.8. The third-order valence-corrected chi connectivity index (χ3v) is 23.7. The minimum Gasteiger partial charge on any atom is -0.508 e. The summed E-state index contributed by atoms with van der Waals surface area (Å²) < 4.78 is 14.5. The summed E-state index contributed by atoms with van der Waals surface area (Å²) in [4.78, 5) is 21.5. The van der Waals surface area contributed by atoms with Gasteiger partial charge in [0.15, 0.2) is 23.2 Å². The van der Waals surface area contributed by atoms with E-state index in [1.807, 2.05) is 6.07 Å². The first kappa shape index (κ1) is 53.1. The van der Waals surface area contributed by atoms with Gasteiger partial charge < -0.3 is 41.0 Å². The molecular formula is C72H85N3O7. The molecule has 10 aliphatic carbocycles. The van der Waals surface area contributed by atoms with Gasteiger partial charge in [-0.3, -0.25) is 4.79 Å². The number of guanidine groups is 1. The number of phenolic OH excluding ortho intramolecular Hbond substituents is 2. The molecule has 10 nitrogen and oxygen atoms in total. The van der Waals surface area contributed by atoms with Crippen molar-refractivity contribution in [1.82, 2.24) is 5.32 Å². The summed E-state index contributed by atoms with van der Waals surface area (Å²) in [6, 6.07) is 17.3. The lowest BCUT2D eigenvalue weighted by atomic mass is 9.38. The summed E-state index contributed by atoms with van der Waals surface area (Å²) in [7, 11) is 0. The quantitative estimate of drug-likeness (QED) is 0.110. The SMILES string of the molecule is CC1CC23C=CC4CC5CC6(CO)C=CCCC6C(CO)=C5C(=O)CC4c4cc(OC5CCCC5)c(O)c5c4C#CCC(CC4C=C2C2(C1)CC1CCCOC1C4C52)N=C(N)NC1(CCCCC1)c1cccc(c1)Cc1cc(O)cc3c1. The van der Waals surface area contributed by atoms with E-state index >= 15 is 4.79 Å². The van der Waals surface area contributed by atoms with Crippen LogP contribution in [0.4, 0.5) is 0 Å². The molecule has 14 unspecified atom stereocenters. The summed E-state index contributed by atoms with van der Waals surface area (Å²) in [5.41, 5.74) is 15.4. The maximum atomic E-state index is 15.9. The van der Waals surface area contributed by atoms with Crippen LogP contribution in [0.3, 0.4) is 0 Å². The zero-order valence-electron chi connectivity index (χ0n) is 48.1. The Morgan fingerprint density at radius 1 is 0.890 bits per heavy atom. The summed E-state index contributed by atoms with van der Waals surface area (Å²) >= 11 is 0. The molecule has 1 saturated heterocycles. The number of carbonyl (C=O) groups excluding carboxylic acids is 1. The van der Waals surface area contributed by atoms with E-state index in [-0.39, 0.29) is 108 Å². The van der Waals surface area contributed by atoms with Crippen LogP contribution >= 0.6 is 0 Å². The highest BCUT2D eigenvalue weighted by atomic mass is 16.5. The molecule has 14 atom stereocenters. The average molecular weight is 1100 g/mol. The molecule has 0 amide bonds. The number of allylic oxidation sites excluding steroid dienone is 6. The number of aromatic hydroxyl groups is 2. The highest BCUT2D eigenvalue weighted by Crippen LogP contribution is 2.74. The number of ether oxygens (including phenoxy) is 2. The van der Waals surface area contributed by atoms with E-state index in [9.17, 15) is 20.4 Å². The van der Waals surface area contributed by atoms with Crippen molar-refractivity contribution in [2.75, 3.05) is 19.8 Å². The molecule has 0 radical (unpaired) electrons. The van der Waals surface area contributed by atoms with Gasteiger partial charge in [-0.15, -0.1) is 0 Å². The van der Waals surface area contributed by atoms with Gasteiger partial charge in [0.25, 0.3) is 0 Å². The topological polar surface area (TPSA) is 167 Å². The van der Waals surface area contributed by atoms with Gasteiger partial charge in [0, 0.05) is 58.3 Å². The minimum absolute atomic E-state index is 0.0418. The Labute approximate surface area is 485 Å². The van der Waals surface area contributed by atoms with Crippen molar-refractivity contribution in [3.8, 4) is 29.1 Å². The predicted octanol–water partition coefficient (Wildman–Crippen LogP) is 12.3. The largest absolute Gasteiger partial charge is 0.508 e. The number of carbonyl (C=O) groups is 1. The smallest absolute Gasteiger partial charge is 0.189 e. The van der Waals surface area contributed by atoms with Crippen molar-refractivity contribution >= 4 is 11.7 Å². The molecule has 2 spiro atoms.